The van der Waals surface area contributed by atoms with Crippen LogP contribution in [0, 0.1) is 41.5 Å². The Bertz CT molecular complexity index is 1470. The van der Waals surface area contributed by atoms with Gasteiger partial charge in [-0.2, -0.15) is 0 Å². The van der Waals surface area contributed by atoms with Crippen LogP contribution in [0.3, 0.4) is 0 Å². The van der Waals surface area contributed by atoms with Gasteiger partial charge in [0.15, 0.2) is 0 Å². The van der Waals surface area contributed by atoms with Crippen LogP contribution < -0.4 is 26.4 Å². The second kappa shape index (κ2) is 7.35. The van der Waals surface area contributed by atoms with Crippen molar-refractivity contribution in [3.05, 3.63) is 106 Å². The monoisotopic (exact) mass is 598 g/mol. The quantitative estimate of drug-likeness (QED) is 0.230. The van der Waals surface area contributed by atoms with Crippen molar-refractivity contribution in [3.63, 3.8) is 0 Å². The van der Waals surface area contributed by atoms with Gasteiger partial charge in [-0.15, -0.1) is 0 Å². The molecule has 1 nitrogen and oxygen atoms in total. The molecule has 182 valence electrons. The molecule has 0 aliphatic carbocycles. The maximum absolute atomic E-state index is 7.76. The molecule has 2 atom stereocenters. The Kier molecular flexibility index (Phi) is 4.74. The van der Waals surface area contributed by atoms with Crippen molar-refractivity contribution in [2.24, 2.45) is 0 Å². The minimum atomic E-state index is -3.14. The van der Waals surface area contributed by atoms with Crippen molar-refractivity contribution in [2.75, 3.05) is 0 Å². The van der Waals surface area contributed by atoms with Crippen molar-refractivity contribution in [3.8, 4) is 0 Å². The summed E-state index contributed by atoms with van der Waals surface area (Å²) < 4.78 is 12.8. The fraction of sp³-hybridized carbons (Fsp3) is 0.273. The molecule has 4 aromatic rings. The fourth-order valence-corrected chi connectivity index (χ4v) is 28.7. The molecule has 36 heavy (non-hydrogen) atoms. The third-order valence-electron chi connectivity index (χ3n) is 9.61. The molecule has 4 aromatic carbocycles. The van der Waals surface area contributed by atoms with Crippen LogP contribution >= 0.6 is 6.83 Å². The predicted octanol–water partition coefficient (Wildman–Crippen LogP) is 4.58. The molecule has 1 saturated heterocycles. The van der Waals surface area contributed by atoms with Gasteiger partial charge in [0.2, 0.25) is 0 Å². The van der Waals surface area contributed by atoms with Gasteiger partial charge in [-0.25, -0.2) is 0 Å². The normalized spacial score (nSPS) is 23.2. The summed E-state index contributed by atoms with van der Waals surface area (Å²) in [7, 11) is 0. The van der Waals surface area contributed by atoms with Crippen LogP contribution in [0.25, 0.3) is 0 Å². The summed E-state index contributed by atoms with van der Waals surface area (Å²) in [5.41, 5.74) is 10.2. The first-order valence-corrected chi connectivity index (χ1v) is 19.1. The Hall–Kier alpha value is -1.91. The van der Waals surface area contributed by atoms with Crippen molar-refractivity contribution < 1.29 is 4.52 Å². The first-order valence-electron chi connectivity index (χ1n) is 13.1. The summed E-state index contributed by atoms with van der Waals surface area (Å²) in [6, 6.07) is 26.4. The van der Waals surface area contributed by atoms with E-state index in [1.165, 1.54) is 38.9 Å². The summed E-state index contributed by atoms with van der Waals surface area (Å²) in [5, 5.41) is 4.75. The van der Waals surface area contributed by atoms with Gasteiger partial charge in [0, 0.05) is 0 Å². The van der Waals surface area contributed by atoms with Crippen LogP contribution in [0.5, 0.6) is 0 Å². The zero-order valence-electron chi connectivity index (χ0n) is 22.3. The molecule has 0 radical (unpaired) electrons. The van der Waals surface area contributed by atoms with Gasteiger partial charge in [0.05, 0.1) is 0 Å². The topological polar surface area (TPSA) is 9.23 Å². The Morgan fingerprint density at radius 3 is 1.36 bits per heavy atom. The molecular weight excluding hydrogens is 565 g/mol. The third kappa shape index (κ3) is 2.47. The molecule has 1 fully saturated rings. The predicted molar refractivity (Wildman–Crippen MR) is 158 cm³/mol. The first-order chi connectivity index (χ1) is 17.2. The second-order valence-corrected chi connectivity index (χ2v) is 22.1. The van der Waals surface area contributed by atoms with Gasteiger partial charge in [0.1, 0.15) is 0 Å². The molecule has 0 N–H and O–H groups in total. The molecule has 0 saturated carbocycles. The molecule has 4 aliphatic rings. The second-order valence-electron chi connectivity index (χ2n) is 11.4. The van der Waals surface area contributed by atoms with Crippen molar-refractivity contribution in [2.45, 2.75) is 60.2 Å². The fourth-order valence-electron chi connectivity index (χ4n) is 7.17. The molecule has 4 heterocycles. The average molecular weight is 599 g/mol. The number of benzene rings is 4. The molecule has 0 aromatic heterocycles. The Balaban J connectivity index is 1.67. The van der Waals surface area contributed by atoms with E-state index in [9.17, 15) is 0 Å². The summed E-state index contributed by atoms with van der Waals surface area (Å²) in [4.78, 5) is 0. The van der Waals surface area contributed by atoms with E-state index in [1.54, 1.807) is 26.4 Å². The van der Waals surface area contributed by atoms with Crippen LogP contribution in [0.1, 0.15) is 52.0 Å². The summed E-state index contributed by atoms with van der Waals surface area (Å²) >= 11 is -2.22. The number of rotatable bonds is 1. The zero-order chi connectivity index (χ0) is 25.2. The molecule has 3 heteroatoms. The van der Waals surface area contributed by atoms with E-state index in [2.05, 4.69) is 115 Å². The van der Waals surface area contributed by atoms with Crippen LogP contribution in [-0.4, -0.2) is 25.9 Å². The van der Waals surface area contributed by atoms with Crippen LogP contribution in [0.2, 0.25) is 0 Å². The zero-order valence-corrected chi connectivity index (χ0v) is 25.8. The maximum atomic E-state index is 7.76. The van der Waals surface area contributed by atoms with E-state index in [1.807, 2.05) is 0 Å². The molecule has 1 spiro atoms. The van der Waals surface area contributed by atoms with E-state index in [-0.39, 0.29) is 6.10 Å². The van der Waals surface area contributed by atoms with Gasteiger partial charge in [-0.1, -0.05) is 0 Å². The van der Waals surface area contributed by atoms with Crippen LogP contribution in [0.15, 0.2) is 66.7 Å². The Morgan fingerprint density at radius 2 is 0.972 bits per heavy atom. The van der Waals surface area contributed by atoms with Crippen LogP contribution in [-0.2, 0) is 4.52 Å². The summed E-state index contributed by atoms with van der Waals surface area (Å²) in [6.07, 6.45) is 0.115. The van der Waals surface area contributed by atoms with Crippen LogP contribution in [0.4, 0.5) is 0 Å². The molecule has 2 bridgehead atoms. The average Bonchev–Trinajstić information content (AvgIpc) is 2.86. The number of aryl methyl sites for hydroxylation is 6. The van der Waals surface area contributed by atoms with E-state index in [0.717, 1.165) is 0 Å². The van der Waals surface area contributed by atoms with Gasteiger partial charge in [-0.3, -0.25) is 0 Å². The van der Waals surface area contributed by atoms with E-state index < -0.39 is 27.0 Å². The van der Waals surface area contributed by atoms with Crippen molar-refractivity contribution in [1.82, 2.24) is 0 Å². The van der Waals surface area contributed by atoms with E-state index in [0.29, 0.717) is 5.66 Å². The molecule has 4 aliphatic heterocycles. The Morgan fingerprint density at radius 1 is 0.583 bits per heavy atom. The van der Waals surface area contributed by atoms with Crippen molar-refractivity contribution >= 4 is 53.5 Å². The van der Waals surface area contributed by atoms with Gasteiger partial charge in [-0.05, 0) is 0 Å². The minimum absolute atomic E-state index is 0.115. The molecular formula is C33H34OPSb. The number of hydrogen-bond donors (Lipinski definition) is 0. The third-order valence-corrected chi connectivity index (χ3v) is 24.9. The standard InChI is InChI=1S/C33H34OP.Sb/c1-22-13-16-30(19-25(22)4)35(31-17-14-23(2)26(5)20-31,32-18-15-24(3)27(6)21-32)28(7)33(34-35)29-11-9-8-10-12-29;/h8-15,19-21,28,33H,1-7H3;/t28-,33+;/m0./s1. The summed E-state index contributed by atoms with van der Waals surface area (Å²) in [6.45, 7) is 13.1. The van der Waals surface area contributed by atoms with Gasteiger partial charge in [0.25, 0.3) is 0 Å². The SMILES string of the molecule is Cc1c[c]2c(cc1C)P13(O[C@@H](c4ccccc4)[C@@H]1C)c1cc(C)c(C)c[c]1[Sb]2[c]1cc(C)c(C)cc13. The van der Waals surface area contributed by atoms with E-state index in [4.69, 9.17) is 4.52 Å². The summed E-state index contributed by atoms with van der Waals surface area (Å²) in [5.74, 6) is 0. The molecule has 8 rings (SSSR count). The molecule has 0 amide bonds. The van der Waals surface area contributed by atoms with Crippen molar-refractivity contribution in [1.29, 1.82) is 0 Å². The first kappa shape index (κ1) is 23.2. The van der Waals surface area contributed by atoms with Gasteiger partial charge >= 0.3 is 224 Å². The Labute approximate surface area is 222 Å². The number of hydrogen-bond acceptors (Lipinski definition) is 1. The van der Waals surface area contributed by atoms with E-state index >= 15 is 0 Å². The van der Waals surface area contributed by atoms with Gasteiger partial charge < -0.3 is 0 Å². The molecule has 0 unspecified atom stereocenters.